The second-order valence-electron chi connectivity index (χ2n) is 5.89. The summed E-state index contributed by atoms with van der Waals surface area (Å²) in [6, 6.07) is 4.28. The van der Waals surface area contributed by atoms with Gasteiger partial charge in [-0.25, -0.2) is 8.78 Å². The Balaban J connectivity index is 2.18. The molecule has 1 aromatic rings. The van der Waals surface area contributed by atoms with Gasteiger partial charge in [-0.15, -0.1) is 0 Å². The van der Waals surface area contributed by atoms with Crippen LogP contribution in [0.15, 0.2) is 18.2 Å². The van der Waals surface area contributed by atoms with Gasteiger partial charge < -0.3 is 10.1 Å². The van der Waals surface area contributed by atoms with Crippen LogP contribution >= 0.6 is 0 Å². The van der Waals surface area contributed by atoms with Crippen LogP contribution in [0, 0.1) is 11.6 Å². The molecule has 0 amide bonds. The van der Waals surface area contributed by atoms with Crippen LogP contribution in [0.25, 0.3) is 0 Å². The third-order valence-electron chi connectivity index (χ3n) is 4.62. The summed E-state index contributed by atoms with van der Waals surface area (Å²) >= 11 is 0. The molecule has 0 saturated heterocycles. The molecular weight excluding hydrogens is 272 g/mol. The lowest BCUT2D eigenvalue weighted by atomic mass is 9.77. The fourth-order valence-electron chi connectivity index (χ4n) is 3.44. The van der Waals surface area contributed by atoms with Crippen LogP contribution in [-0.2, 0) is 11.2 Å². The minimum Gasteiger partial charge on any atom is -0.377 e. The van der Waals surface area contributed by atoms with Crippen LogP contribution in [0.4, 0.5) is 8.78 Å². The van der Waals surface area contributed by atoms with E-state index >= 15 is 0 Å². The summed E-state index contributed by atoms with van der Waals surface area (Å²) < 4.78 is 32.4. The highest BCUT2D eigenvalue weighted by Gasteiger charge is 2.39. The number of likely N-dealkylation sites (N-methyl/N-ethyl adjacent to an activating group) is 1. The van der Waals surface area contributed by atoms with Gasteiger partial charge in [-0.2, -0.15) is 0 Å². The smallest absolute Gasteiger partial charge is 0.159 e. The molecule has 1 saturated carbocycles. The lowest BCUT2D eigenvalue weighted by molar-refractivity contribution is -0.0669. The van der Waals surface area contributed by atoms with E-state index in [-0.39, 0.29) is 11.6 Å². The minimum atomic E-state index is -0.794. The van der Waals surface area contributed by atoms with E-state index in [4.69, 9.17) is 4.74 Å². The van der Waals surface area contributed by atoms with E-state index in [0.717, 1.165) is 37.8 Å². The number of methoxy groups -OCH3 is 1. The second kappa shape index (κ2) is 7.32. The third kappa shape index (κ3) is 3.80. The number of rotatable bonds is 6. The van der Waals surface area contributed by atoms with E-state index in [1.165, 1.54) is 18.6 Å². The zero-order valence-electron chi connectivity index (χ0n) is 12.9. The Labute approximate surface area is 125 Å². The predicted molar refractivity (Wildman–Crippen MR) is 80.4 cm³/mol. The maximum atomic E-state index is 13.4. The zero-order valence-corrected chi connectivity index (χ0v) is 12.9. The SMILES string of the molecule is CCNC(Cc1ccc(F)c(F)c1)C1(OC)CCCCC1. The third-order valence-corrected chi connectivity index (χ3v) is 4.62. The lowest BCUT2D eigenvalue weighted by Gasteiger charge is -2.43. The molecule has 1 N–H and O–H groups in total. The number of hydrogen-bond donors (Lipinski definition) is 1. The van der Waals surface area contributed by atoms with Crippen molar-refractivity contribution in [1.29, 1.82) is 0 Å². The molecular formula is C17H25F2NO. The summed E-state index contributed by atoms with van der Waals surface area (Å²) in [6.07, 6.45) is 6.25. The predicted octanol–water partition coefficient (Wildman–Crippen LogP) is 3.83. The largest absolute Gasteiger partial charge is 0.377 e. The standard InChI is InChI=1S/C17H25F2NO/c1-3-20-16(17(21-2)9-5-4-6-10-17)12-13-7-8-14(18)15(19)11-13/h7-8,11,16,20H,3-6,9-10,12H2,1-2H3. The number of benzene rings is 1. The quantitative estimate of drug-likeness (QED) is 0.861. The van der Waals surface area contributed by atoms with Gasteiger partial charge in [0.1, 0.15) is 0 Å². The Kier molecular flexibility index (Phi) is 5.71. The molecule has 1 aromatic carbocycles. The molecule has 1 atom stereocenters. The highest BCUT2D eigenvalue weighted by molar-refractivity contribution is 5.20. The Morgan fingerprint density at radius 1 is 1.19 bits per heavy atom. The average molecular weight is 297 g/mol. The molecule has 1 aliphatic rings. The molecule has 0 aromatic heterocycles. The van der Waals surface area contributed by atoms with E-state index in [1.807, 2.05) is 0 Å². The molecule has 0 heterocycles. The van der Waals surface area contributed by atoms with Crippen molar-refractivity contribution in [1.82, 2.24) is 5.32 Å². The molecule has 4 heteroatoms. The normalized spacial score (nSPS) is 19.4. The Morgan fingerprint density at radius 3 is 2.48 bits per heavy atom. The van der Waals surface area contributed by atoms with Gasteiger partial charge in [0, 0.05) is 13.2 Å². The Morgan fingerprint density at radius 2 is 1.90 bits per heavy atom. The summed E-state index contributed by atoms with van der Waals surface area (Å²) in [5, 5.41) is 3.49. The van der Waals surface area contributed by atoms with Crippen molar-refractivity contribution in [3.05, 3.63) is 35.4 Å². The van der Waals surface area contributed by atoms with Crippen molar-refractivity contribution in [3.63, 3.8) is 0 Å². The van der Waals surface area contributed by atoms with Gasteiger partial charge in [0.25, 0.3) is 0 Å². The monoisotopic (exact) mass is 297 g/mol. The van der Waals surface area contributed by atoms with Crippen LogP contribution in [0.1, 0.15) is 44.6 Å². The summed E-state index contributed by atoms with van der Waals surface area (Å²) in [7, 11) is 1.76. The average Bonchev–Trinajstić information content (AvgIpc) is 2.51. The Hall–Kier alpha value is -1.00. The van der Waals surface area contributed by atoms with Gasteiger partial charge in [-0.3, -0.25) is 0 Å². The van der Waals surface area contributed by atoms with Crippen molar-refractivity contribution in [2.45, 2.75) is 57.1 Å². The van der Waals surface area contributed by atoms with Crippen molar-refractivity contribution in [3.8, 4) is 0 Å². The first-order valence-corrected chi connectivity index (χ1v) is 7.84. The second-order valence-corrected chi connectivity index (χ2v) is 5.89. The van der Waals surface area contributed by atoms with E-state index in [0.29, 0.717) is 6.42 Å². The number of halogens is 2. The van der Waals surface area contributed by atoms with Gasteiger partial charge in [-0.1, -0.05) is 32.3 Å². The van der Waals surface area contributed by atoms with Crippen LogP contribution in [0.2, 0.25) is 0 Å². The van der Waals surface area contributed by atoms with E-state index in [1.54, 1.807) is 13.2 Å². The summed E-state index contributed by atoms with van der Waals surface area (Å²) in [6.45, 7) is 2.89. The number of nitrogens with one attached hydrogen (secondary N) is 1. The van der Waals surface area contributed by atoms with Gasteiger partial charge in [0.15, 0.2) is 11.6 Å². The van der Waals surface area contributed by atoms with E-state index in [9.17, 15) is 8.78 Å². The van der Waals surface area contributed by atoms with Crippen LogP contribution < -0.4 is 5.32 Å². The summed E-state index contributed by atoms with van der Waals surface area (Å²) in [5.41, 5.74) is 0.612. The van der Waals surface area contributed by atoms with Crippen LogP contribution in [0.3, 0.4) is 0 Å². The first kappa shape index (κ1) is 16.4. The van der Waals surface area contributed by atoms with Crippen molar-refractivity contribution in [2.24, 2.45) is 0 Å². The van der Waals surface area contributed by atoms with E-state index in [2.05, 4.69) is 12.2 Å². The number of ether oxygens (including phenoxy) is 1. The molecule has 1 aliphatic carbocycles. The first-order chi connectivity index (χ1) is 10.1. The van der Waals surface area contributed by atoms with Gasteiger partial charge in [-0.05, 0) is 43.5 Å². The maximum Gasteiger partial charge on any atom is 0.159 e. The molecule has 0 radical (unpaired) electrons. The van der Waals surface area contributed by atoms with Crippen LogP contribution in [0.5, 0.6) is 0 Å². The van der Waals surface area contributed by atoms with Crippen molar-refractivity contribution < 1.29 is 13.5 Å². The first-order valence-electron chi connectivity index (χ1n) is 7.84. The van der Waals surface area contributed by atoms with Gasteiger partial charge in [0.2, 0.25) is 0 Å². The molecule has 2 rings (SSSR count). The fraction of sp³-hybridized carbons (Fsp3) is 0.647. The van der Waals surface area contributed by atoms with Crippen molar-refractivity contribution >= 4 is 0 Å². The highest BCUT2D eigenvalue weighted by Crippen LogP contribution is 2.35. The minimum absolute atomic E-state index is 0.123. The zero-order chi connectivity index (χ0) is 15.3. The molecule has 0 aliphatic heterocycles. The summed E-state index contributed by atoms with van der Waals surface area (Å²) in [5.74, 6) is -1.57. The highest BCUT2D eigenvalue weighted by atomic mass is 19.2. The molecule has 1 fully saturated rings. The number of hydrogen-bond acceptors (Lipinski definition) is 2. The van der Waals surface area contributed by atoms with Gasteiger partial charge in [0.05, 0.1) is 5.60 Å². The molecule has 21 heavy (non-hydrogen) atoms. The van der Waals surface area contributed by atoms with Crippen LogP contribution in [-0.4, -0.2) is 25.3 Å². The fourth-order valence-corrected chi connectivity index (χ4v) is 3.44. The molecule has 118 valence electrons. The topological polar surface area (TPSA) is 21.3 Å². The molecule has 1 unspecified atom stereocenters. The molecule has 0 spiro atoms. The molecule has 0 bridgehead atoms. The lowest BCUT2D eigenvalue weighted by Crippen LogP contribution is -2.54. The van der Waals surface area contributed by atoms with Gasteiger partial charge >= 0.3 is 0 Å². The molecule has 2 nitrogen and oxygen atoms in total. The Bertz CT molecular complexity index is 458. The maximum absolute atomic E-state index is 13.4. The van der Waals surface area contributed by atoms with Crippen molar-refractivity contribution in [2.75, 3.05) is 13.7 Å². The van der Waals surface area contributed by atoms with E-state index < -0.39 is 11.6 Å². The summed E-state index contributed by atoms with van der Waals surface area (Å²) in [4.78, 5) is 0.